The number of anilines is 1. The molecule has 0 saturated carbocycles. The van der Waals surface area contributed by atoms with Crippen LogP contribution in [-0.2, 0) is 0 Å². The minimum Gasteiger partial charge on any atom is -0.384 e. The van der Waals surface area contributed by atoms with Crippen molar-refractivity contribution < 1.29 is 4.79 Å². The van der Waals surface area contributed by atoms with E-state index in [9.17, 15) is 4.79 Å². The van der Waals surface area contributed by atoms with Gasteiger partial charge in [-0.15, -0.1) is 0 Å². The van der Waals surface area contributed by atoms with Crippen molar-refractivity contribution in [1.29, 1.82) is 0 Å². The van der Waals surface area contributed by atoms with Gasteiger partial charge in [-0.3, -0.25) is 4.79 Å². The fourth-order valence-electron chi connectivity index (χ4n) is 1.81. The zero-order valence-electron chi connectivity index (χ0n) is 9.07. The van der Waals surface area contributed by atoms with Crippen molar-refractivity contribution in [3.05, 3.63) is 23.9 Å². The average Bonchev–Trinajstić information content (AvgIpc) is 2.30. The second-order valence-electron chi connectivity index (χ2n) is 3.96. The van der Waals surface area contributed by atoms with Crippen molar-refractivity contribution in [2.75, 3.05) is 18.8 Å². The average molecular weight is 220 g/mol. The van der Waals surface area contributed by atoms with Gasteiger partial charge in [-0.25, -0.2) is 4.98 Å². The summed E-state index contributed by atoms with van der Waals surface area (Å²) in [6.07, 6.45) is 2.11. The van der Waals surface area contributed by atoms with Gasteiger partial charge >= 0.3 is 0 Å². The topological polar surface area (TPSA) is 80.0 Å². The van der Waals surface area contributed by atoms with Gasteiger partial charge in [0.25, 0.3) is 5.91 Å². The van der Waals surface area contributed by atoms with Gasteiger partial charge < -0.3 is 16.4 Å². The zero-order valence-corrected chi connectivity index (χ0v) is 9.07. The lowest BCUT2D eigenvalue weighted by Gasteiger charge is -2.23. The van der Waals surface area contributed by atoms with Crippen LogP contribution in [0.25, 0.3) is 0 Å². The van der Waals surface area contributed by atoms with Crippen LogP contribution >= 0.6 is 0 Å². The Balaban J connectivity index is 1.97. The molecular weight excluding hydrogens is 204 g/mol. The highest BCUT2D eigenvalue weighted by molar-refractivity contribution is 5.92. The predicted octanol–water partition coefficient (Wildman–Crippen LogP) is 0.146. The van der Waals surface area contributed by atoms with Gasteiger partial charge in [0.05, 0.1) is 0 Å². The van der Waals surface area contributed by atoms with Crippen molar-refractivity contribution >= 4 is 11.7 Å². The highest BCUT2D eigenvalue weighted by Crippen LogP contribution is 2.04. The Hall–Kier alpha value is -1.62. The molecule has 0 radical (unpaired) electrons. The molecule has 1 aromatic heterocycles. The third kappa shape index (κ3) is 2.70. The number of piperidine rings is 1. The van der Waals surface area contributed by atoms with Crippen LogP contribution in [0.3, 0.4) is 0 Å². The number of hydrogen-bond donors (Lipinski definition) is 3. The van der Waals surface area contributed by atoms with Crippen molar-refractivity contribution in [3.8, 4) is 0 Å². The Kier molecular flexibility index (Phi) is 3.36. The first-order valence-corrected chi connectivity index (χ1v) is 5.50. The molecular formula is C11H16N4O. The van der Waals surface area contributed by atoms with E-state index in [0.717, 1.165) is 25.9 Å². The van der Waals surface area contributed by atoms with Crippen molar-refractivity contribution in [1.82, 2.24) is 15.6 Å². The summed E-state index contributed by atoms with van der Waals surface area (Å²) in [5.41, 5.74) is 5.91. The first-order chi connectivity index (χ1) is 7.75. The van der Waals surface area contributed by atoms with Crippen molar-refractivity contribution in [2.45, 2.75) is 18.9 Å². The van der Waals surface area contributed by atoms with Crippen LogP contribution in [0.2, 0.25) is 0 Å². The fourth-order valence-corrected chi connectivity index (χ4v) is 1.81. The maximum absolute atomic E-state index is 11.8. The lowest BCUT2D eigenvalue weighted by molar-refractivity contribution is 0.0926. The van der Waals surface area contributed by atoms with Gasteiger partial charge in [0, 0.05) is 12.6 Å². The molecule has 1 amide bonds. The predicted molar refractivity (Wildman–Crippen MR) is 62.0 cm³/mol. The largest absolute Gasteiger partial charge is 0.384 e. The second kappa shape index (κ2) is 4.94. The Labute approximate surface area is 94.4 Å². The van der Waals surface area contributed by atoms with E-state index in [4.69, 9.17) is 5.73 Å². The molecule has 0 bridgehead atoms. The quantitative estimate of drug-likeness (QED) is 0.662. The molecule has 0 aliphatic carbocycles. The van der Waals surface area contributed by atoms with Gasteiger partial charge in [0.2, 0.25) is 0 Å². The Bertz CT molecular complexity index is 374. The highest BCUT2D eigenvalue weighted by atomic mass is 16.1. The van der Waals surface area contributed by atoms with Crippen molar-refractivity contribution in [3.63, 3.8) is 0 Å². The van der Waals surface area contributed by atoms with E-state index in [1.54, 1.807) is 18.2 Å². The molecule has 16 heavy (non-hydrogen) atoms. The molecule has 1 saturated heterocycles. The normalized spacial score (nSPS) is 20.4. The third-order valence-electron chi connectivity index (χ3n) is 2.64. The summed E-state index contributed by atoms with van der Waals surface area (Å²) in [5.74, 6) is 0.218. The van der Waals surface area contributed by atoms with Gasteiger partial charge in [-0.1, -0.05) is 6.07 Å². The number of carbonyl (C=O) groups excluding carboxylic acids is 1. The van der Waals surface area contributed by atoms with Gasteiger partial charge in [0.15, 0.2) is 0 Å². The minimum absolute atomic E-state index is 0.152. The number of pyridine rings is 1. The van der Waals surface area contributed by atoms with E-state index in [2.05, 4.69) is 15.6 Å². The standard InChI is InChI=1S/C11H16N4O/c12-10-5-1-4-9(15-10)11(16)14-8-3-2-6-13-7-8/h1,4-5,8,13H,2-3,6-7H2,(H2,12,15)(H,14,16)/t8-/m0/s1. The summed E-state index contributed by atoms with van der Waals surface area (Å²) in [7, 11) is 0. The van der Waals surface area contributed by atoms with Crippen LogP contribution in [0, 0.1) is 0 Å². The maximum atomic E-state index is 11.8. The number of amides is 1. The molecule has 1 aromatic rings. The zero-order chi connectivity index (χ0) is 11.4. The first-order valence-electron chi connectivity index (χ1n) is 5.50. The van der Waals surface area contributed by atoms with E-state index < -0.39 is 0 Å². The van der Waals surface area contributed by atoms with Gasteiger partial charge in [0.1, 0.15) is 11.5 Å². The first kappa shape index (κ1) is 10.9. The highest BCUT2D eigenvalue weighted by Gasteiger charge is 2.16. The smallest absolute Gasteiger partial charge is 0.270 e. The number of rotatable bonds is 2. The summed E-state index contributed by atoms with van der Waals surface area (Å²) in [5, 5.41) is 6.19. The molecule has 86 valence electrons. The Morgan fingerprint density at radius 1 is 1.56 bits per heavy atom. The SMILES string of the molecule is Nc1cccc(C(=O)N[C@H]2CCCNC2)n1. The van der Waals surface area contributed by atoms with E-state index in [1.807, 2.05) is 0 Å². The number of nitrogen functional groups attached to an aromatic ring is 1. The molecule has 2 heterocycles. The van der Waals surface area contributed by atoms with E-state index in [0.29, 0.717) is 11.5 Å². The Morgan fingerprint density at radius 2 is 2.44 bits per heavy atom. The summed E-state index contributed by atoms with van der Waals surface area (Å²) >= 11 is 0. The van der Waals surface area contributed by atoms with Crippen LogP contribution in [-0.4, -0.2) is 30.0 Å². The maximum Gasteiger partial charge on any atom is 0.270 e. The molecule has 1 atom stereocenters. The summed E-state index contributed by atoms with van der Waals surface area (Å²) in [6.45, 7) is 1.86. The van der Waals surface area contributed by atoms with E-state index in [1.165, 1.54) is 0 Å². The van der Waals surface area contributed by atoms with E-state index in [-0.39, 0.29) is 11.9 Å². The lowest BCUT2D eigenvalue weighted by atomic mass is 10.1. The molecule has 0 unspecified atom stereocenters. The molecule has 2 rings (SSSR count). The number of nitrogens with zero attached hydrogens (tertiary/aromatic N) is 1. The van der Waals surface area contributed by atoms with Crippen LogP contribution in [0.15, 0.2) is 18.2 Å². The molecule has 1 aliphatic rings. The second-order valence-corrected chi connectivity index (χ2v) is 3.96. The molecule has 5 heteroatoms. The number of aromatic nitrogens is 1. The Morgan fingerprint density at radius 3 is 3.12 bits per heavy atom. The molecule has 0 spiro atoms. The number of nitrogens with one attached hydrogen (secondary N) is 2. The van der Waals surface area contributed by atoms with Crippen molar-refractivity contribution in [2.24, 2.45) is 0 Å². The number of hydrogen-bond acceptors (Lipinski definition) is 4. The molecule has 4 N–H and O–H groups in total. The molecule has 1 fully saturated rings. The molecule has 0 aromatic carbocycles. The van der Waals surface area contributed by atoms with Crippen LogP contribution < -0.4 is 16.4 Å². The lowest BCUT2D eigenvalue weighted by Crippen LogP contribution is -2.45. The summed E-state index contributed by atoms with van der Waals surface area (Å²) in [4.78, 5) is 15.8. The number of carbonyl (C=O) groups is 1. The molecule has 1 aliphatic heterocycles. The van der Waals surface area contributed by atoms with Gasteiger partial charge in [-0.05, 0) is 31.5 Å². The summed E-state index contributed by atoms with van der Waals surface area (Å²) < 4.78 is 0. The molecule has 5 nitrogen and oxygen atoms in total. The van der Waals surface area contributed by atoms with E-state index >= 15 is 0 Å². The van der Waals surface area contributed by atoms with Gasteiger partial charge in [-0.2, -0.15) is 0 Å². The minimum atomic E-state index is -0.152. The van der Waals surface area contributed by atoms with Crippen LogP contribution in [0.5, 0.6) is 0 Å². The monoisotopic (exact) mass is 220 g/mol. The van der Waals surface area contributed by atoms with Crippen LogP contribution in [0.4, 0.5) is 5.82 Å². The van der Waals surface area contributed by atoms with Crippen LogP contribution in [0.1, 0.15) is 23.3 Å². The summed E-state index contributed by atoms with van der Waals surface area (Å²) in [6, 6.07) is 5.27. The fraction of sp³-hybridized carbons (Fsp3) is 0.455. The third-order valence-corrected chi connectivity index (χ3v) is 2.64. The number of nitrogens with two attached hydrogens (primary N) is 1.